The van der Waals surface area contributed by atoms with Crippen molar-refractivity contribution < 1.29 is 4.74 Å². The molecule has 1 heteroatoms. The van der Waals surface area contributed by atoms with Gasteiger partial charge in [-0.05, 0) is 12.5 Å². The maximum absolute atomic E-state index is 5.23. The van der Waals surface area contributed by atoms with Gasteiger partial charge in [-0.3, -0.25) is 0 Å². The summed E-state index contributed by atoms with van der Waals surface area (Å²) in [6, 6.07) is 6.00. The Hall–Kier alpha value is -1.42. The summed E-state index contributed by atoms with van der Waals surface area (Å²) in [4.78, 5) is 0. The molecule has 0 aliphatic rings. The number of methoxy groups -OCH3 is 1. The second-order valence-corrected chi connectivity index (χ2v) is 2.65. The number of rotatable bonds is 2. The summed E-state index contributed by atoms with van der Waals surface area (Å²) < 4.78 is 5.23. The monoisotopic (exact) mass is 160 g/mol. The standard InChI is InChI=1S/C11H12O/c1-4-6-10-8-5-7-9(2)11(10)12-3/h1,5,7-8H,6H2,2-3H3. The molecule has 0 fully saturated rings. The highest BCUT2D eigenvalue weighted by Gasteiger charge is 2.02. The van der Waals surface area contributed by atoms with Crippen LogP contribution in [0.2, 0.25) is 0 Å². The Morgan fingerprint density at radius 3 is 2.83 bits per heavy atom. The zero-order valence-corrected chi connectivity index (χ0v) is 7.42. The van der Waals surface area contributed by atoms with Gasteiger partial charge in [0.2, 0.25) is 0 Å². The van der Waals surface area contributed by atoms with Crippen LogP contribution in [-0.2, 0) is 6.42 Å². The molecule has 0 spiro atoms. The summed E-state index contributed by atoms with van der Waals surface area (Å²) in [6.07, 6.45) is 5.86. The van der Waals surface area contributed by atoms with E-state index in [4.69, 9.17) is 11.2 Å². The normalized spacial score (nSPS) is 9.08. The summed E-state index contributed by atoms with van der Waals surface area (Å²) >= 11 is 0. The molecule has 0 aliphatic heterocycles. The van der Waals surface area contributed by atoms with Gasteiger partial charge in [-0.15, -0.1) is 12.3 Å². The predicted octanol–water partition coefficient (Wildman–Crippen LogP) is 2.18. The fraction of sp³-hybridized carbons (Fsp3) is 0.273. The van der Waals surface area contributed by atoms with Crippen LogP contribution in [-0.4, -0.2) is 7.11 Å². The van der Waals surface area contributed by atoms with Crippen LogP contribution in [0, 0.1) is 19.3 Å². The molecule has 0 unspecified atom stereocenters. The van der Waals surface area contributed by atoms with E-state index in [1.807, 2.05) is 25.1 Å². The van der Waals surface area contributed by atoms with Gasteiger partial charge < -0.3 is 4.74 Å². The number of terminal acetylenes is 1. The van der Waals surface area contributed by atoms with Gasteiger partial charge in [0.25, 0.3) is 0 Å². The van der Waals surface area contributed by atoms with Gasteiger partial charge >= 0.3 is 0 Å². The lowest BCUT2D eigenvalue weighted by Gasteiger charge is -2.08. The summed E-state index contributed by atoms with van der Waals surface area (Å²) in [6.45, 7) is 2.01. The van der Waals surface area contributed by atoms with E-state index in [0.717, 1.165) is 16.9 Å². The van der Waals surface area contributed by atoms with E-state index in [2.05, 4.69) is 5.92 Å². The van der Waals surface area contributed by atoms with E-state index in [-0.39, 0.29) is 0 Å². The Morgan fingerprint density at radius 2 is 2.25 bits per heavy atom. The Kier molecular flexibility index (Phi) is 2.76. The van der Waals surface area contributed by atoms with Gasteiger partial charge in [0.05, 0.1) is 7.11 Å². The van der Waals surface area contributed by atoms with Crippen LogP contribution in [0.25, 0.3) is 0 Å². The number of hydrogen-bond donors (Lipinski definition) is 0. The number of para-hydroxylation sites is 1. The van der Waals surface area contributed by atoms with Gasteiger partial charge in [0.1, 0.15) is 5.75 Å². The zero-order chi connectivity index (χ0) is 8.97. The zero-order valence-electron chi connectivity index (χ0n) is 7.42. The largest absolute Gasteiger partial charge is 0.496 e. The first-order chi connectivity index (χ1) is 5.79. The lowest BCUT2D eigenvalue weighted by Crippen LogP contribution is -1.93. The minimum absolute atomic E-state index is 0.630. The Morgan fingerprint density at radius 1 is 1.50 bits per heavy atom. The maximum atomic E-state index is 5.23. The van der Waals surface area contributed by atoms with Crippen molar-refractivity contribution in [2.75, 3.05) is 7.11 Å². The molecule has 0 aliphatic carbocycles. The maximum Gasteiger partial charge on any atom is 0.125 e. The van der Waals surface area contributed by atoms with E-state index < -0.39 is 0 Å². The van der Waals surface area contributed by atoms with Crippen molar-refractivity contribution in [2.24, 2.45) is 0 Å². The molecule has 1 aromatic carbocycles. The molecule has 0 atom stereocenters. The van der Waals surface area contributed by atoms with Crippen LogP contribution in [0.4, 0.5) is 0 Å². The van der Waals surface area contributed by atoms with Crippen LogP contribution in [0.1, 0.15) is 11.1 Å². The van der Waals surface area contributed by atoms with Crippen LogP contribution in [0.15, 0.2) is 18.2 Å². The molecule has 0 aromatic heterocycles. The average Bonchev–Trinajstić information content (AvgIpc) is 2.05. The highest BCUT2D eigenvalue weighted by Crippen LogP contribution is 2.22. The fourth-order valence-electron chi connectivity index (χ4n) is 1.25. The highest BCUT2D eigenvalue weighted by molar-refractivity contribution is 5.42. The van der Waals surface area contributed by atoms with Crippen molar-refractivity contribution in [1.82, 2.24) is 0 Å². The first-order valence-corrected chi connectivity index (χ1v) is 3.85. The molecule has 0 heterocycles. The number of aryl methyl sites for hydroxylation is 1. The fourth-order valence-corrected chi connectivity index (χ4v) is 1.25. The van der Waals surface area contributed by atoms with Crippen molar-refractivity contribution >= 4 is 0 Å². The molecule has 0 radical (unpaired) electrons. The molecule has 0 amide bonds. The smallest absolute Gasteiger partial charge is 0.125 e. The molecule has 0 N–H and O–H groups in total. The third-order valence-corrected chi connectivity index (χ3v) is 1.79. The molecule has 0 saturated carbocycles. The van der Waals surface area contributed by atoms with Crippen molar-refractivity contribution in [2.45, 2.75) is 13.3 Å². The van der Waals surface area contributed by atoms with Crippen LogP contribution < -0.4 is 4.74 Å². The first-order valence-electron chi connectivity index (χ1n) is 3.85. The predicted molar refractivity (Wildman–Crippen MR) is 50.3 cm³/mol. The lowest BCUT2D eigenvalue weighted by atomic mass is 10.1. The summed E-state index contributed by atoms with van der Waals surface area (Å²) in [5.74, 6) is 3.52. The summed E-state index contributed by atoms with van der Waals surface area (Å²) in [5, 5.41) is 0. The van der Waals surface area contributed by atoms with Gasteiger partial charge in [-0.2, -0.15) is 0 Å². The average molecular weight is 160 g/mol. The molecular weight excluding hydrogens is 148 g/mol. The molecule has 62 valence electrons. The third kappa shape index (κ3) is 1.60. The third-order valence-electron chi connectivity index (χ3n) is 1.79. The molecule has 12 heavy (non-hydrogen) atoms. The molecule has 1 rings (SSSR count). The second-order valence-electron chi connectivity index (χ2n) is 2.65. The van der Waals surface area contributed by atoms with Gasteiger partial charge in [-0.25, -0.2) is 0 Å². The van der Waals surface area contributed by atoms with Crippen LogP contribution in [0.3, 0.4) is 0 Å². The van der Waals surface area contributed by atoms with Gasteiger partial charge in [0, 0.05) is 12.0 Å². The Balaban J connectivity index is 3.11. The van der Waals surface area contributed by atoms with Crippen molar-refractivity contribution in [1.29, 1.82) is 0 Å². The topological polar surface area (TPSA) is 9.23 Å². The van der Waals surface area contributed by atoms with Crippen molar-refractivity contribution in [3.05, 3.63) is 29.3 Å². The lowest BCUT2D eigenvalue weighted by molar-refractivity contribution is 0.408. The summed E-state index contributed by atoms with van der Waals surface area (Å²) in [7, 11) is 1.67. The van der Waals surface area contributed by atoms with Crippen LogP contribution in [0.5, 0.6) is 5.75 Å². The highest BCUT2D eigenvalue weighted by atomic mass is 16.5. The molecular formula is C11H12O. The van der Waals surface area contributed by atoms with Crippen molar-refractivity contribution in [3.8, 4) is 18.1 Å². The Bertz CT molecular complexity index is 307. The SMILES string of the molecule is C#CCc1cccc(C)c1OC. The number of hydrogen-bond acceptors (Lipinski definition) is 1. The van der Waals surface area contributed by atoms with Gasteiger partial charge in [-0.1, -0.05) is 18.2 Å². The summed E-state index contributed by atoms with van der Waals surface area (Å²) in [5.41, 5.74) is 2.21. The molecule has 0 bridgehead atoms. The van der Waals surface area contributed by atoms with E-state index >= 15 is 0 Å². The second kappa shape index (κ2) is 3.82. The Labute approximate surface area is 73.4 Å². The number of benzene rings is 1. The quantitative estimate of drug-likeness (QED) is 0.602. The molecule has 0 saturated heterocycles. The van der Waals surface area contributed by atoms with Crippen molar-refractivity contribution in [3.63, 3.8) is 0 Å². The van der Waals surface area contributed by atoms with Crippen LogP contribution >= 0.6 is 0 Å². The van der Waals surface area contributed by atoms with E-state index in [1.165, 1.54) is 0 Å². The molecule has 1 nitrogen and oxygen atoms in total. The minimum atomic E-state index is 0.630. The van der Waals surface area contributed by atoms with Gasteiger partial charge in [0.15, 0.2) is 0 Å². The minimum Gasteiger partial charge on any atom is -0.496 e. The molecule has 1 aromatic rings. The van der Waals surface area contributed by atoms with E-state index in [0.29, 0.717) is 6.42 Å². The van der Waals surface area contributed by atoms with E-state index in [9.17, 15) is 0 Å². The first kappa shape index (κ1) is 8.67. The number of ether oxygens (including phenoxy) is 1. The van der Waals surface area contributed by atoms with E-state index in [1.54, 1.807) is 7.11 Å².